The summed E-state index contributed by atoms with van der Waals surface area (Å²) in [7, 11) is 1.87. The van der Waals surface area contributed by atoms with E-state index < -0.39 is 0 Å². The van der Waals surface area contributed by atoms with Crippen molar-refractivity contribution in [3.8, 4) is 0 Å². The van der Waals surface area contributed by atoms with Crippen LogP contribution >= 0.6 is 0 Å². The molecule has 0 saturated heterocycles. The number of Topliss-reactive ketones (excluding diaryl/α,β-unsaturated/α-hetero) is 1. The zero-order valence-electron chi connectivity index (χ0n) is 12.0. The lowest BCUT2D eigenvalue weighted by Crippen LogP contribution is -2.08. The van der Waals surface area contributed by atoms with Gasteiger partial charge >= 0.3 is 0 Å². The van der Waals surface area contributed by atoms with Crippen molar-refractivity contribution in [2.24, 2.45) is 7.05 Å². The first-order valence-electron chi connectivity index (χ1n) is 6.60. The predicted molar refractivity (Wildman–Crippen MR) is 76.5 cm³/mol. The van der Waals surface area contributed by atoms with Crippen LogP contribution in [-0.4, -0.2) is 15.6 Å². The number of aromatic nitrogens is 2. The van der Waals surface area contributed by atoms with Gasteiger partial charge in [-0.1, -0.05) is 38.1 Å². The fourth-order valence-corrected chi connectivity index (χ4v) is 2.15. The molecule has 2 rings (SSSR count). The lowest BCUT2D eigenvalue weighted by molar-refractivity contribution is 0.0990. The van der Waals surface area contributed by atoms with Gasteiger partial charge in [-0.3, -0.25) is 9.48 Å². The van der Waals surface area contributed by atoms with Gasteiger partial charge in [0, 0.05) is 18.3 Å². The van der Waals surface area contributed by atoms with E-state index in [2.05, 4.69) is 18.9 Å². The lowest BCUT2D eigenvalue weighted by Gasteiger charge is -2.06. The number of nitrogens with zero attached hydrogens (tertiary/aromatic N) is 2. The lowest BCUT2D eigenvalue weighted by atomic mass is 9.99. The maximum absolute atomic E-state index is 12.2. The molecule has 3 heteroatoms. The molecule has 0 aliphatic heterocycles. The summed E-state index contributed by atoms with van der Waals surface area (Å²) in [4.78, 5) is 12.2. The standard InChI is InChI=1S/C16H20N2O/c1-11(2)13-5-7-14(8-6-13)16(19)10-15-9-12(3)17-18(15)4/h5-9,11H,10H2,1-4H3. The summed E-state index contributed by atoms with van der Waals surface area (Å²) in [5.41, 5.74) is 3.92. The number of ketones is 1. The van der Waals surface area contributed by atoms with Crippen LogP contribution in [0.2, 0.25) is 0 Å². The van der Waals surface area contributed by atoms with Gasteiger partial charge in [0.15, 0.2) is 5.78 Å². The Hall–Kier alpha value is -1.90. The number of aryl methyl sites for hydroxylation is 2. The van der Waals surface area contributed by atoms with E-state index in [0.29, 0.717) is 12.3 Å². The summed E-state index contributed by atoms with van der Waals surface area (Å²) >= 11 is 0. The van der Waals surface area contributed by atoms with Crippen LogP contribution in [0.15, 0.2) is 30.3 Å². The van der Waals surface area contributed by atoms with Crippen molar-refractivity contribution in [1.29, 1.82) is 0 Å². The molecule has 0 radical (unpaired) electrons. The fraction of sp³-hybridized carbons (Fsp3) is 0.375. The average Bonchev–Trinajstić information content (AvgIpc) is 2.68. The summed E-state index contributed by atoms with van der Waals surface area (Å²) in [6, 6.07) is 9.86. The number of hydrogen-bond donors (Lipinski definition) is 0. The van der Waals surface area contributed by atoms with Crippen LogP contribution in [0, 0.1) is 6.92 Å². The molecule has 1 aromatic carbocycles. The van der Waals surface area contributed by atoms with Crippen LogP contribution in [0.25, 0.3) is 0 Å². The van der Waals surface area contributed by atoms with Gasteiger partial charge in [0.05, 0.1) is 12.1 Å². The molecule has 0 aliphatic rings. The van der Waals surface area contributed by atoms with Crippen molar-refractivity contribution in [3.63, 3.8) is 0 Å². The third kappa shape index (κ3) is 3.11. The van der Waals surface area contributed by atoms with Gasteiger partial charge in [0.25, 0.3) is 0 Å². The Morgan fingerprint density at radius 1 is 1.26 bits per heavy atom. The molecule has 19 heavy (non-hydrogen) atoms. The van der Waals surface area contributed by atoms with Gasteiger partial charge in [-0.15, -0.1) is 0 Å². The van der Waals surface area contributed by atoms with E-state index in [1.807, 2.05) is 44.3 Å². The first-order chi connectivity index (χ1) is 8.97. The molecule has 0 spiro atoms. The van der Waals surface area contributed by atoms with Gasteiger partial charge in [0.2, 0.25) is 0 Å². The minimum Gasteiger partial charge on any atom is -0.294 e. The minimum atomic E-state index is 0.137. The summed E-state index contributed by atoms with van der Waals surface area (Å²) < 4.78 is 1.77. The molecular formula is C16H20N2O. The topological polar surface area (TPSA) is 34.9 Å². The summed E-state index contributed by atoms with van der Waals surface area (Å²) in [6.07, 6.45) is 0.401. The highest BCUT2D eigenvalue weighted by Gasteiger charge is 2.11. The number of rotatable bonds is 4. The fourth-order valence-electron chi connectivity index (χ4n) is 2.15. The number of benzene rings is 1. The Balaban J connectivity index is 2.14. The molecule has 1 aromatic heterocycles. The minimum absolute atomic E-state index is 0.137. The van der Waals surface area contributed by atoms with Crippen molar-refractivity contribution < 1.29 is 4.79 Å². The Kier molecular flexibility index (Phi) is 3.84. The van der Waals surface area contributed by atoms with Gasteiger partial charge in [-0.2, -0.15) is 5.10 Å². The first-order valence-corrected chi connectivity index (χ1v) is 6.60. The van der Waals surface area contributed by atoms with Crippen molar-refractivity contribution in [2.45, 2.75) is 33.1 Å². The van der Waals surface area contributed by atoms with E-state index in [9.17, 15) is 4.79 Å². The molecule has 0 unspecified atom stereocenters. The third-order valence-corrected chi connectivity index (χ3v) is 3.34. The van der Waals surface area contributed by atoms with Crippen LogP contribution in [0.4, 0.5) is 0 Å². The molecular weight excluding hydrogens is 236 g/mol. The molecule has 0 saturated carbocycles. The maximum atomic E-state index is 12.2. The molecule has 0 amide bonds. The smallest absolute Gasteiger partial charge is 0.168 e. The van der Waals surface area contributed by atoms with Crippen molar-refractivity contribution >= 4 is 5.78 Å². The second-order valence-corrected chi connectivity index (χ2v) is 5.28. The Bertz CT molecular complexity index is 579. The van der Waals surface area contributed by atoms with Crippen molar-refractivity contribution in [3.05, 3.63) is 52.8 Å². The maximum Gasteiger partial charge on any atom is 0.168 e. The highest BCUT2D eigenvalue weighted by atomic mass is 16.1. The molecule has 1 heterocycles. The summed E-state index contributed by atoms with van der Waals surface area (Å²) in [5.74, 6) is 0.627. The Morgan fingerprint density at radius 2 is 1.89 bits per heavy atom. The third-order valence-electron chi connectivity index (χ3n) is 3.34. The van der Waals surface area contributed by atoms with E-state index in [1.165, 1.54) is 5.56 Å². The van der Waals surface area contributed by atoms with E-state index in [0.717, 1.165) is 17.0 Å². The van der Waals surface area contributed by atoms with E-state index >= 15 is 0 Å². The molecule has 0 N–H and O–H groups in total. The molecule has 2 aromatic rings. The monoisotopic (exact) mass is 256 g/mol. The average molecular weight is 256 g/mol. The van der Waals surface area contributed by atoms with Gasteiger partial charge in [0.1, 0.15) is 0 Å². The summed E-state index contributed by atoms with van der Waals surface area (Å²) in [6.45, 7) is 6.23. The molecule has 0 bridgehead atoms. The largest absolute Gasteiger partial charge is 0.294 e. The predicted octanol–water partition coefficient (Wildman–Crippen LogP) is 3.28. The second-order valence-electron chi connectivity index (χ2n) is 5.28. The number of hydrogen-bond acceptors (Lipinski definition) is 2. The van der Waals surface area contributed by atoms with Gasteiger partial charge in [-0.05, 0) is 24.5 Å². The normalized spacial score (nSPS) is 11.0. The van der Waals surface area contributed by atoms with Crippen LogP contribution in [0.1, 0.15) is 47.1 Å². The van der Waals surface area contributed by atoms with Crippen molar-refractivity contribution in [2.75, 3.05) is 0 Å². The Morgan fingerprint density at radius 3 is 2.37 bits per heavy atom. The number of carbonyl (C=O) groups is 1. The molecule has 0 atom stereocenters. The molecule has 3 nitrogen and oxygen atoms in total. The molecule has 100 valence electrons. The van der Waals surface area contributed by atoms with Crippen LogP contribution in [0.5, 0.6) is 0 Å². The van der Waals surface area contributed by atoms with Crippen LogP contribution in [-0.2, 0) is 13.5 Å². The zero-order valence-corrected chi connectivity index (χ0v) is 12.0. The van der Waals surface area contributed by atoms with Crippen molar-refractivity contribution in [1.82, 2.24) is 9.78 Å². The van der Waals surface area contributed by atoms with Crippen LogP contribution in [0.3, 0.4) is 0 Å². The van der Waals surface area contributed by atoms with E-state index in [-0.39, 0.29) is 5.78 Å². The van der Waals surface area contributed by atoms with Gasteiger partial charge < -0.3 is 0 Å². The molecule has 0 fully saturated rings. The zero-order chi connectivity index (χ0) is 14.0. The van der Waals surface area contributed by atoms with E-state index in [1.54, 1.807) is 4.68 Å². The number of carbonyl (C=O) groups excluding carboxylic acids is 1. The van der Waals surface area contributed by atoms with E-state index in [4.69, 9.17) is 0 Å². The Labute approximate surface area is 114 Å². The highest BCUT2D eigenvalue weighted by Crippen LogP contribution is 2.16. The summed E-state index contributed by atoms with van der Waals surface area (Å²) in [5, 5.41) is 4.26. The quantitative estimate of drug-likeness (QED) is 0.787. The van der Waals surface area contributed by atoms with Crippen LogP contribution < -0.4 is 0 Å². The van der Waals surface area contributed by atoms with Gasteiger partial charge in [-0.25, -0.2) is 0 Å². The highest BCUT2D eigenvalue weighted by molar-refractivity contribution is 5.97. The first kappa shape index (κ1) is 13.5. The SMILES string of the molecule is Cc1cc(CC(=O)c2ccc(C(C)C)cc2)n(C)n1. The second kappa shape index (κ2) is 5.39. The molecule has 0 aliphatic carbocycles.